The lowest BCUT2D eigenvalue weighted by Crippen LogP contribution is -2.07. The predicted molar refractivity (Wildman–Crippen MR) is 120 cm³/mol. The summed E-state index contributed by atoms with van der Waals surface area (Å²) >= 11 is 0. The van der Waals surface area contributed by atoms with Crippen LogP contribution in [0.25, 0.3) is 0 Å². The first-order chi connectivity index (χ1) is 13.6. The van der Waals surface area contributed by atoms with Crippen LogP contribution in [0.2, 0.25) is 0 Å². The molecular formula is C26H34O2. The van der Waals surface area contributed by atoms with Gasteiger partial charge in [-0.3, -0.25) is 0 Å². The zero-order valence-corrected chi connectivity index (χ0v) is 17.8. The summed E-state index contributed by atoms with van der Waals surface area (Å²) < 4.78 is 11.5. The van der Waals surface area contributed by atoms with Crippen molar-refractivity contribution in [1.29, 1.82) is 0 Å². The van der Waals surface area contributed by atoms with E-state index in [0.717, 1.165) is 30.8 Å². The second-order valence-corrected chi connectivity index (χ2v) is 7.32. The molecule has 1 atom stereocenters. The standard InChI is InChI=1S/C23H28O2.C3H6/c1-17-8-7-11-20(14-17)23-21(24-2)15-19(16-22(23)25-3)13-12-18-9-5-4-6-10-18;1-3-2/h4-6,9-10,14-16,20H,7-8,11-13H2,1-3H3;3H,1H2,2H3. The second-order valence-electron chi connectivity index (χ2n) is 7.32. The molecule has 150 valence electrons. The zero-order valence-electron chi connectivity index (χ0n) is 17.8. The molecule has 0 aliphatic heterocycles. The predicted octanol–water partition coefficient (Wildman–Crippen LogP) is 6.90. The maximum Gasteiger partial charge on any atom is 0.126 e. The van der Waals surface area contributed by atoms with Gasteiger partial charge in [0.1, 0.15) is 11.5 Å². The highest BCUT2D eigenvalue weighted by Crippen LogP contribution is 2.42. The van der Waals surface area contributed by atoms with E-state index in [-0.39, 0.29) is 0 Å². The number of aryl methyl sites for hydroxylation is 2. The van der Waals surface area contributed by atoms with Gasteiger partial charge in [-0.05, 0) is 69.2 Å². The maximum absolute atomic E-state index is 5.76. The number of hydrogen-bond donors (Lipinski definition) is 0. The molecule has 2 aromatic carbocycles. The van der Waals surface area contributed by atoms with Gasteiger partial charge in [0.2, 0.25) is 0 Å². The van der Waals surface area contributed by atoms with E-state index < -0.39 is 0 Å². The van der Waals surface area contributed by atoms with Crippen molar-refractivity contribution in [2.24, 2.45) is 0 Å². The molecule has 2 heteroatoms. The van der Waals surface area contributed by atoms with Gasteiger partial charge in [-0.25, -0.2) is 0 Å². The van der Waals surface area contributed by atoms with Crippen LogP contribution in [0.1, 0.15) is 55.7 Å². The average molecular weight is 379 g/mol. The normalized spacial score (nSPS) is 15.7. The molecule has 0 spiro atoms. The minimum Gasteiger partial charge on any atom is -0.496 e. The van der Waals surface area contributed by atoms with Gasteiger partial charge < -0.3 is 9.47 Å². The second kappa shape index (κ2) is 11.4. The fraction of sp³-hybridized carbons (Fsp3) is 0.385. The van der Waals surface area contributed by atoms with Gasteiger partial charge in [-0.2, -0.15) is 0 Å². The van der Waals surface area contributed by atoms with Crippen LogP contribution in [0.3, 0.4) is 0 Å². The van der Waals surface area contributed by atoms with Crippen molar-refractivity contribution in [3.63, 3.8) is 0 Å². The largest absolute Gasteiger partial charge is 0.496 e. The van der Waals surface area contributed by atoms with E-state index in [9.17, 15) is 0 Å². The Morgan fingerprint density at radius 1 is 1.00 bits per heavy atom. The minimum absolute atomic E-state index is 0.391. The Morgan fingerprint density at radius 3 is 2.11 bits per heavy atom. The summed E-state index contributed by atoms with van der Waals surface area (Å²) in [5.41, 5.74) is 5.29. The molecule has 28 heavy (non-hydrogen) atoms. The molecule has 0 heterocycles. The lowest BCUT2D eigenvalue weighted by Gasteiger charge is -2.24. The van der Waals surface area contributed by atoms with E-state index in [4.69, 9.17) is 9.47 Å². The fourth-order valence-electron chi connectivity index (χ4n) is 3.77. The molecule has 0 fully saturated rings. The molecular weight excluding hydrogens is 344 g/mol. The molecule has 0 bridgehead atoms. The summed E-state index contributed by atoms with van der Waals surface area (Å²) in [6, 6.07) is 15.0. The van der Waals surface area contributed by atoms with E-state index in [0.29, 0.717) is 5.92 Å². The average Bonchev–Trinajstić information content (AvgIpc) is 2.72. The highest BCUT2D eigenvalue weighted by Gasteiger charge is 2.22. The van der Waals surface area contributed by atoms with Crippen LogP contribution < -0.4 is 9.47 Å². The van der Waals surface area contributed by atoms with Gasteiger partial charge in [0.25, 0.3) is 0 Å². The van der Waals surface area contributed by atoms with E-state index in [1.165, 1.54) is 35.1 Å². The highest BCUT2D eigenvalue weighted by molar-refractivity contribution is 5.52. The van der Waals surface area contributed by atoms with Gasteiger partial charge >= 0.3 is 0 Å². The van der Waals surface area contributed by atoms with Gasteiger partial charge in [-0.1, -0.05) is 48.1 Å². The highest BCUT2D eigenvalue weighted by atomic mass is 16.5. The first-order valence-electron chi connectivity index (χ1n) is 10.2. The Hall–Kier alpha value is -2.48. The Balaban J connectivity index is 0.000000878. The number of rotatable bonds is 6. The molecule has 1 aliphatic rings. The van der Waals surface area contributed by atoms with Gasteiger partial charge in [-0.15, -0.1) is 6.58 Å². The van der Waals surface area contributed by atoms with Crippen molar-refractivity contribution in [3.8, 4) is 11.5 Å². The van der Waals surface area contributed by atoms with Crippen molar-refractivity contribution in [1.82, 2.24) is 0 Å². The van der Waals surface area contributed by atoms with Gasteiger partial charge in [0.15, 0.2) is 0 Å². The molecule has 0 amide bonds. The third kappa shape index (κ3) is 6.02. The molecule has 2 nitrogen and oxygen atoms in total. The maximum atomic E-state index is 5.76. The Bertz CT molecular complexity index is 749. The number of allylic oxidation sites excluding steroid dienone is 3. The molecule has 0 radical (unpaired) electrons. The molecule has 0 N–H and O–H groups in total. The van der Waals surface area contributed by atoms with Crippen LogP contribution in [0, 0.1) is 0 Å². The van der Waals surface area contributed by atoms with Crippen LogP contribution >= 0.6 is 0 Å². The molecule has 1 aliphatic carbocycles. The smallest absolute Gasteiger partial charge is 0.126 e. The summed E-state index contributed by atoms with van der Waals surface area (Å²) in [6.07, 6.45) is 9.73. The first kappa shape index (κ1) is 21.8. The molecule has 1 unspecified atom stereocenters. The van der Waals surface area contributed by atoms with Crippen LogP contribution in [0.5, 0.6) is 11.5 Å². The number of hydrogen-bond acceptors (Lipinski definition) is 2. The molecule has 0 saturated carbocycles. The summed E-state index contributed by atoms with van der Waals surface area (Å²) in [4.78, 5) is 0. The summed E-state index contributed by atoms with van der Waals surface area (Å²) in [5.74, 6) is 2.30. The zero-order chi connectivity index (χ0) is 20.4. The first-order valence-corrected chi connectivity index (χ1v) is 10.2. The third-order valence-electron chi connectivity index (χ3n) is 5.09. The van der Waals surface area contributed by atoms with Gasteiger partial charge in [0, 0.05) is 11.5 Å². The minimum atomic E-state index is 0.391. The summed E-state index contributed by atoms with van der Waals surface area (Å²) in [7, 11) is 3.53. The SMILES string of the molecule is C=CC.COc1cc(CCc2ccccc2)cc(OC)c1C1C=C(C)CCC1. The summed E-state index contributed by atoms with van der Waals surface area (Å²) in [5, 5.41) is 0. The molecule has 2 aromatic rings. The van der Waals surface area contributed by atoms with E-state index in [1.54, 1.807) is 20.3 Å². The van der Waals surface area contributed by atoms with Crippen LogP contribution in [-0.4, -0.2) is 14.2 Å². The Kier molecular flexibility index (Phi) is 8.87. The number of methoxy groups -OCH3 is 2. The van der Waals surface area contributed by atoms with Crippen molar-refractivity contribution in [2.75, 3.05) is 14.2 Å². The Morgan fingerprint density at radius 2 is 1.57 bits per heavy atom. The fourth-order valence-corrected chi connectivity index (χ4v) is 3.77. The molecule has 0 saturated heterocycles. The quantitative estimate of drug-likeness (QED) is 0.509. The lowest BCUT2D eigenvalue weighted by molar-refractivity contribution is 0.378. The van der Waals surface area contributed by atoms with E-state index >= 15 is 0 Å². The molecule has 0 aromatic heterocycles. The van der Waals surface area contributed by atoms with Crippen molar-refractivity contribution >= 4 is 0 Å². The molecule has 3 rings (SSSR count). The van der Waals surface area contributed by atoms with Crippen LogP contribution in [0.4, 0.5) is 0 Å². The van der Waals surface area contributed by atoms with Crippen LogP contribution in [-0.2, 0) is 12.8 Å². The van der Waals surface area contributed by atoms with Gasteiger partial charge in [0.05, 0.1) is 14.2 Å². The number of benzene rings is 2. The van der Waals surface area contributed by atoms with Crippen molar-refractivity contribution in [3.05, 3.63) is 83.5 Å². The van der Waals surface area contributed by atoms with E-state index in [2.05, 4.69) is 62.0 Å². The van der Waals surface area contributed by atoms with Crippen LogP contribution in [0.15, 0.2) is 66.8 Å². The van der Waals surface area contributed by atoms with Crippen molar-refractivity contribution in [2.45, 2.75) is 51.9 Å². The Labute approximate surface area is 170 Å². The topological polar surface area (TPSA) is 18.5 Å². The third-order valence-corrected chi connectivity index (χ3v) is 5.09. The lowest BCUT2D eigenvalue weighted by atomic mass is 9.84. The summed E-state index contributed by atoms with van der Waals surface area (Å²) in [6.45, 7) is 7.47. The number of ether oxygens (including phenoxy) is 2. The monoisotopic (exact) mass is 378 g/mol. The van der Waals surface area contributed by atoms with E-state index in [1.807, 2.05) is 6.92 Å². The van der Waals surface area contributed by atoms with Crippen molar-refractivity contribution < 1.29 is 9.47 Å².